The minimum atomic E-state index is -3.73. The van der Waals surface area contributed by atoms with Crippen molar-refractivity contribution in [3.63, 3.8) is 0 Å². The lowest BCUT2D eigenvalue weighted by Gasteiger charge is -2.19. The molecule has 0 saturated carbocycles. The lowest BCUT2D eigenvalue weighted by molar-refractivity contribution is -0.129. The summed E-state index contributed by atoms with van der Waals surface area (Å²) < 4.78 is 27.3. The van der Waals surface area contributed by atoms with Gasteiger partial charge in [0.1, 0.15) is 0 Å². The van der Waals surface area contributed by atoms with Crippen LogP contribution in [0.15, 0.2) is 41.6 Å². The van der Waals surface area contributed by atoms with Gasteiger partial charge < -0.3 is 4.90 Å². The summed E-state index contributed by atoms with van der Waals surface area (Å²) in [6.45, 7) is 6.98. The van der Waals surface area contributed by atoms with E-state index >= 15 is 0 Å². The molecule has 1 aromatic carbocycles. The molecule has 1 aliphatic rings. The minimum absolute atomic E-state index is 0.0329. The normalized spacial score (nSPS) is 18.0. The Hall–Kier alpha value is -2.26. The van der Waals surface area contributed by atoms with Gasteiger partial charge in [-0.15, -0.1) is 0 Å². The van der Waals surface area contributed by atoms with E-state index in [0.29, 0.717) is 13.1 Å². The summed E-state index contributed by atoms with van der Waals surface area (Å²) in [5, 5.41) is 8.19. The molecule has 2 heterocycles. The Morgan fingerprint density at radius 2 is 1.81 bits per heavy atom. The van der Waals surface area contributed by atoms with Crippen molar-refractivity contribution in [2.24, 2.45) is 0 Å². The highest BCUT2D eigenvalue weighted by molar-refractivity contribution is 7.89. The predicted octanol–water partition coefficient (Wildman–Crippen LogP) is 1.33. The van der Waals surface area contributed by atoms with Gasteiger partial charge in [-0.2, -0.15) is 15.0 Å². The Bertz CT molecular complexity index is 886. The lowest BCUT2D eigenvalue weighted by Crippen LogP contribution is -2.39. The number of aromatic nitrogens is 3. The van der Waals surface area contributed by atoms with Crippen molar-refractivity contribution >= 4 is 15.9 Å². The fourth-order valence-corrected chi connectivity index (χ4v) is 4.03. The topological polar surface area (TPSA) is 97.2 Å². The number of carbonyl (C=O) groups is 1. The third-order valence-electron chi connectivity index (χ3n) is 4.72. The second kappa shape index (κ2) is 7.40. The highest BCUT2D eigenvalue weighted by Crippen LogP contribution is 2.23. The number of benzene rings is 1. The molecule has 1 N–H and O–H groups in total. The number of likely N-dealkylation sites (tertiary alicyclic amines) is 1. The third-order valence-corrected chi connectivity index (χ3v) is 6.14. The van der Waals surface area contributed by atoms with Gasteiger partial charge in [-0.3, -0.25) is 4.79 Å². The number of rotatable bonds is 5. The van der Waals surface area contributed by atoms with Gasteiger partial charge in [0, 0.05) is 13.1 Å². The van der Waals surface area contributed by atoms with Crippen molar-refractivity contribution in [2.45, 2.75) is 43.5 Å². The maximum atomic E-state index is 12.5. The first-order chi connectivity index (χ1) is 12.7. The Kier molecular flexibility index (Phi) is 5.34. The highest BCUT2D eigenvalue weighted by Gasteiger charge is 2.29. The van der Waals surface area contributed by atoms with E-state index in [1.165, 1.54) is 0 Å². The van der Waals surface area contributed by atoms with Gasteiger partial charge in [0.2, 0.25) is 15.9 Å². The van der Waals surface area contributed by atoms with Gasteiger partial charge in [-0.1, -0.05) is 32.9 Å². The van der Waals surface area contributed by atoms with Crippen molar-refractivity contribution in [1.29, 1.82) is 0 Å². The van der Waals surface area contributed by atoms with Crippen LogP contribution < -0.4 is 4.72 Å². The van der Waals surface area contributed by atoms with Gasteiger partial charge in [0.25, 0.3) is 0 Å². The number of hydrogen-bond acceptors (Lipinski definition) is 5. The molecule has 2 aromatic rings. The zero-order chi connectivity index (χ0) is 19.7. The first-order valence-corrected chi connectivity index (χ1v) is 10.4. The molecule has 8 nitrogen and oxygen atoms in total. The van der Waals surface area contributed by atoms with Crippen molar-refractivity contribution in [3.8, 4) is 0 Å². The molecule has 1 amide bonds. The molecule has 9 heteroatoms. The summed E-state index contributed by atoms with van der Waals surface area (Å²) in [5.74, 6) is -0.250. The van der Waals surface area contributed by atoms with Crippen LogP contribution in [0, 0.1) is 0 Å². The predicted molar refractivity (Wildman–Crippen MR) is 101 cm³/mol. The second-order valence-electron chi connectivity index (χ2n) is 7.73. The fraction of sp³-hybridized carbons (Fsp3) is 0.500. The van der Waals surface area contributed by atoms with Crippen LogP contribution in [-0.2, 0) is 20.2 Å². The smallest absolute Gasteiger partial charge is 0.241 e. The molecular formula is C18H25N5O3S. The fourth-order valence-electron chi connectivity index (χ4n) is 3.06. The van der Waals surface area contributed by atoms with E-state index in [4.69, 9.17) is 0 Å². The SMILES string of the molecule is CC(C)(C)c1ccc(S(=O)(=O)NCC(=O)N2CCC(n3nccn3)C2)cc1. The summed E-state index contributed by atoms with van der Waals surface area (Å²) in [7, 11) is -3.73. The molecule has 27 heavy (non-hydrogen) atoms. The van der Waals surface area contributed by atoms with E-state index in [2.05, 4.69) is 35.7 Å². The molecule has 3 rings (SSSR count). The summed E-state index contributed by atoms with van der Waals surface area (Å²) in [6, 6.07) is 6.79. The minimum Gasteiger partial charge on any atom is -0.339 e. The maximum absolute atomic E-state index is 12.5. The van der Waals surface area contributed by atoms with E-state index in [0.717, 1.165) is 12.0 Å². The maximum Gasteiger partial charge on any atom is 0.241 e. The highest BCUT2D eigenvalue weighted by atomic mass is 32.2. The number of carbonyl (C=O) groups excluding carboxylic acids is 1. The van der Waals surface area contributed by atoms with Crippen molar-refractivity contribution in [3.05, 3.63) is 42.2 Å². The summed E-state index contributed by atoms with van der Waals surface area (Å²) in [6.07, 6.45) is 3.95. The van der Waals surface area contributed by atoms with Crippen LogP contribution in [0.4, 0.5) is 0 Å². The van der Waals surface area contributed by atoms with Gasteiger partial charge in [0.05, 0.1) is 29.9 Å². The molecule has 1 unspecified atom stereocenters. The van der Waals surface area contributed by atoms with Gasteiger partial charge in [0.15, 0.2) is 0 Å². The van der Waals surface area contributed by atoms with Crippen LogP contribution >= 0.6 is 0 Å². The van der Waals surface area contributed by atoms with Crippen molar-refractivity contribution in [2.75, 3.05) is 19.6 Å². The molecule has 1 atom stereocenters. The molecule has 0 radical (unpaired) electrons. The van der Waals surface area contributed by atoms with Gasteiger partial charge in [-0.25, -0.2) is 13.1 Å². The van der Waals surface area contributed by atoms with Gasteiger partial charge >= 0.3 is 0 Å². The average molecular weight is 391 g/mol. The van der Waals surface area contributed by atoms with E-state index < -0.39 is 10.0 Å². The number of hydrogen-bond donors (Lipinski definition) is 1. The van der Waals surface area contributed by atoms with Crippen LogP contribution in [0.3, 0.4) is 0 Å². The third kappa shape index (κ3) is 4.54. The molecular weight excluding hydrogens is 366 g/mol. The Labute approximate surface area is 159 Å². The largest absolute Gasteiger partial charge is 0.339 e. The van der Waals surface area contributed by atoms with E-state index in [1.807, 2.05) is 0 Å². The zero-order valence-electron chi connectivity index (χ0n) is 15.8. The molecule has 1 aliphatic heterocycles. The average Bonchev–Trinajstić information content (AvgIpc) is 3.30. The van der Waals surface area contributed by atoms with Crippen LogP contribution in [0.5, 0.6) is 0 Å². The first-order valence-electron chi connectivity index (χ1n) is 8.90. The van der Waals surface area contributed by atoms with Crippen molar-refractivity contribution < 1.29 is 13.2 Å². The number of nitrogens with zero attached hydrogens (tertiary/aromatic N) is 4. The molecule has 0 bridgehead atoms. The van der Waals surface area contributed by atoms with E-state index in [1.54, 1.807) is 46.4 Å². The lowest BCUT2D eigenvalue weighted by atomic mass is 9.87. The Morgan fingerprint density at radius 3 is 2.41 bits per heavy atom. The summed E-state index contributed by atoms with van der Waals surface area (Å²) in [4.78, 5) is 15.8. The molecule has 1 fully saturated rings. The van der Waals surface area contributed by atoms with Crippen LogP contribution in [0.2, 0.25) is 0 Å². The van der Waals surface area contributed by atoms with E-state index in [-0.39, 0.29) is 28.8 Å². The zero-order valence-corrected chi connectivity index (χ0v) is 16.6. The Balaban J connectivity index is 1.58. The quantitative estimate of drug-likeness (QED) is 0.829. The second-order valence-corrected chi connectivity index (χ2v) is 9.50. The van der Waals surface area contributed by atoms with Crippen LogP contribution in [0.25, 0.3) is 0 Å². The van der Waals surface area contributed by atoms with Gasteiger partial charge in [-0.05, 0) is 29.5 Å². The van der Waals surface area contributed by atoms with Crippen LogP contribution in [-0.4, -0.2) is 53.9 Å². The summed E-state index contributed by atoms with van der Waals surface area (Å²) >= 11 is 0. The molecule has 0 aliphatic carbocycles. The monoisotopic (exact) mass is 391 g/mol. The van der Waals surface area contributed by atoms with E-state index in [9.17, 15) is 13.2 Å². The molecule has 1 saturated heterocycles. The summed E-state index contributed by atoms with van der Waals surface area (Å²) in [5.41, 5.74) is 0.995. The standard InChI is InChI=1S/C18H25N5O3S/c1-18(2,3)14-4-6-16(7-5-14)27(25,26)21-12-17(24)22-11-8-15(13-22)23-19-9-10-20-23/h4-7,9-10,15,21H,8,11-13H2,1-3H3. The number of amides is 1. The molecule has 146 valence electrons. The Morgan fingerprint density at radius 1 is 1.19 bits per heavy atom. The number of nitrogens with one attached hydrogen (secondary N) is 1. The van der Waals surface area contributed by atoms with Crippen LogP contribution in [0.1, 0.15) is 38.8 Å². The van der Waals surface area contributed by atoms with Crippen molar-refractivity contribution in [1.82, 2.24) is 24.6 Å². The molecule has 0 spiro atoms. The molecule has 1 aromatic heterocycles. The first kappa shape index (κ1) is 19.5. The number of sulfonamides is 1.